The minimum Gasteiger partial charge on any atom is -0.453 e. The summed E-state index contributed by atoms with van der Waals surface area (Å²) in [6.45, 7) is 2.00. The summed E-state index contributed by atoms with van der Waals surface area (Å²) >= 11 is 0. The van der Waals surface area contributed by atoms with Crippen molar-refractivity contribution in [3.63, 3.8) is 0 Å². The normalized spacial score (nSPS) is 11.9. The third-order valence-corrected chi connectivity index (χ3v) is 3.05. The Balaban J connectivity index is 1.96. The molecule has 20 heavy (non-hydrogen) atoms. The molecule has 0 unspecified atom stereocenters. The summed E-state index contributed by atoms with van der Waals surface area (Å²) in [6, 6.07) is 7.17. The van der Waals surface area contributed by atoms with Gasteiger partial charge in [-0.15, -0.1) is 0 Å². The molecule has 2 rings (SSSR count). The first-order chi connectivity index (χ1) is 9.61. The molecule has 1 atom stereocenters. The molecule has 0 saturated carbocycles. The summed E-state index contributed by atoms with van der Waals surface area (Å²) in [5.41, 5.74) is 2.04. The van der Waals surface area contributed by atoms with E-state index in [1.54, 1.807) is 6.92 Å². The van der Waals surface area contributed by atoms with Crippen molar-refractivity contribution in [2.45, 2.75) is 19.5 Å². The number of benzene rings is 1. The number of H-pyrrole nitrogens is 1. The van der Waals surface area contributed by atoms with E-state index in [0.717, 1.165) is 16.5 Å². The highest BCUT2D eigenvalue weighted by atomic mass is 16.5. The van der Waals surface area contributed by atoms with Crippen molar-refractivity contribution in [2.24, 2.45) is 0 Å². The van der Waals surface area contributed by atoms with Crippen LogP contribution in [0.3, 0.4) is 0 Å². The summed E-state index contributed by atoms with van der Waals surface area (Å²) in [6.07, 6.45) is 1.23. The number of carbonyl (C=O) groups is 2. The number of hydrogen-bond donors (Lipinski definition) is 3. The standard InChI is InChI=1S/C14H17N3O3/c1-9(17-14(19)20-2)13(18)16-8-10-4-3-5-12-11(10)6-7-15-12/h3-7,9,15H,8H2,1-2H3,(H,16,18)(H,17,19)/t9-/m1/s1. The Morgan fingerprint density at radius 2 is 2.15 bits per heavy atom. The fourth-order valence-electron chi connectivity index (χ4n) is 1.94. The molecule has 0 aliphatic carbocycles. The van der Waals surface area contributed by atoms with Crippen LogP contribution in [0.25, 0.3) is 10.9 Å². The second-order valence-electron chi connectivity index (χ2n) is 4.43. The molecule has 6 nitrogen and oxygen atoms in total. The minimum atomic E-state index is -0.645. The SMILES string of the molecule is COC(=O)N[C@H](C)C(=O)NCc1cccc2[nH]ccc12. The molecule has 0 aliphatic rings. The van der Waals surface area contributed by atoms with Gasteiger partial charge in [-0.2, -0.15) is 0 Å². The van der Waals surface area contributed by atoms with Crippen molar-refractivity contribution in [1.29, 1.82) is 0 Å². The first kappa shape index (κ1) is 13.9. The lowest BCUT2D eigenvalue weighted by atomic mass is 10.1. The minimum absolute atomic E-state index is 0.261. The predicted molar refractivity (Wildman–Crippen MR) is 75.1 cm³/mol. The van der Waals surface area contributed by atoms with Gasteiger partial charge < -0.3 is 20.4 Å². The molecule has 3 N–H and O–H groups in total. The molecule has 0 bridgehead atoms. The number of hydrogen-bond acceptors (Lipinski definition) is 3. The number of carbonyl (C=O) groups excluding carboxylic acids is 2. The Kier molecular flexibility index (Phi) is 4.24. The molecule has 1 heterocycles. The lowest BCUT2D eigenvalue weighted by Crippen LogP contribution is -2.44. The average molecular weight is 275 g/mol. The van der Waals surface area contributed by atoms with Crippen molar-refractivity contribution in [2.75, 3.05) is 7.11 Å². The molecular formula is C14H17N3O3. The third-order valence-electron chi connectivity index (χ3n) is 3.05. The molecule has 1 aromatic heterocycles. The molecule has 0 radical (unpaired) electrons. The lowest BCUT2D eigenvalue weighted by Gasteiger charge is -2.13. The van der Waals surface area contributed by atoms with Crippen LogP contribution in [0.5, 0.6) is 0 Å². The maximum Gasteiger partial charge on any atom is 0.407 e. The molecule has 0 saturated heterocycles. The van der Waals surface area contributed by atoms with Crippen LogP contribution in [-0.2, 0) is 16.1 Å². The number of aromatic amines is 1. The van der Waals surface area contributed by atoms with Crippen LogP contribution < -0.4 is 10.6 Å². The van der Waals surface area contributed by atoms with Crippen molar-refractivity contribution in [3.05, 3.63) is 36.0 Å². The second-order valence-corrected chi connectivity index (χ2v) is 4.43. The second kappa shape index (κ2) is 6.10. The molecule has 1 aromatic carbocycles. The van der Waals surface area contributed by atoms with E-state index in [-0.39, 0.29) is 5.91 Å². The maximum absolute atomic E-state index is 11.9. The van der Waals surface area contributed by atoms with E-state index in [1.165, 1.54) is 7.11 Å². The highest BCUT2D eigenvalue weighted by Crippen LogP contribution is 2.16. The highest BCUT2D eigenvalue weighted by Gasteiger charge is 2.15. The van der Waals surface area contributed by atoms with Crippen LogP contribution in [0.15, 0.2) is 30.5 Å². The van der Waals surface area contributed by atoms with Gasteiger partial charge in [0.1, 0.15) is 6.04 Å². The number of amides is 2. The van der Waals surface area contributed by atoms with Gasteiger partial charge in [-0.05, 0) is 24.6 Å². The topological polar surface area (TPSA) is 83.2 Å². The highest BCUT2D eigenvalue weighted by molar-refractivity contribution is 5.86. The fraction of sp³-hybridized carbons (Fsp3) is 0.286. The van der Waals surface area contributed by atoms with Gasteiger partial charge in [0, 0.05) is 23.6 Å². The summed E-state index contributed by atoms with van der Waals surface area (Å²) in [4.78, 5) is 26.0. The summed E-state index contributed by atoms with van der Waals surface area (Å²) in [5, 5.41) is 6.28. The van der Waals surface area contributed by atoms with E-state index in [0.29, 0.717) is 6.54 Å². The fourth-order valence-corrected chi connectivity index (χ4v) is 1.94. The van der Waals surface area contributed by atoms with E-state index in [4.69, 9.17) is 0 Å². The Morgan fingerprint density at radius 3 is 2.90 bits per heavy atom. The zero-order valence-corrected chi connectivity index (χ0v) is 11.4. The molecular weight excluding hydrogens is 258 g/mol. The van der Waals surface area contributed by atoms with Crippen molar-refractivity contribution >= 4 is 22.9 Å². The molecule has 0 spiro atoms. The molecule has 0 aliphatic heterocycles. The third kappa shape index (κ3) is 3.09. The van der Waals surface area contributed by atoms with Gasteiger partial charge in [0.05, 0.1) is 7.11 Å². The quantitative estimate of drug-likeness (QED) is 0.791. The van der Waals surface area contributed by atoms with Gasteiger partial charge in [0.25, 0.3) is 0 Å². The van der Waals surface area contributed by atoms with E-state index >= 15 is 0 Å². The van der Waals surface area contributed by atoms with Crippen LogP contribution in [-0.4, -0.2) is 30.1 Å². The molecule has 6 heteroatoms. The largest absolute Gasteiger partial charge is 0.453 e. The van der Waals surface area contributed by atoms with Crippen LogP contribution in [0.1, 0.15) is 12.5 Å². The Bertz CT molecular complexity index is 621. The summed E-state index contributed by atoms with van der Waals surface area (Å²) in [7, 11) is 1.26. The number of ether oxygens (including phenoxy) is 1. The van der Waals surface area contributed by atoms with Gasteiger partial charge in [0.15, 0.2) is 0 Å². The first-order valence-corrected chi connectivity index (χ1v) is 6.29. The predicted octanol–water partition coefficient (Wildman–Crippen LogP) is 1.53. The monoisotopic (exact) mass is 275 g/mol. The lowest BCUT2D eigenvalue weighted by molar-refractivity contribution is -0.122. The number of alkyl carbamates (subject to hydrolysis) is 1. The van der Waals surface area contributed by atoms with E-state index in [2.05, 4.69) is 20.4 Å². The van der Waals surface area contributed by atoms with Crippen LogP contribution >= 0.6 is 0 Å². The van der Waals surface area contributed by atoms with E-state index in [1.807, 2.05) is 30.5 Å². The number of rotatable bonds is 4. The van der Waals surface area contributed by atoms with Gasteiger partial charge in [-0.3, -0.25) is 4.79 Å². The number of methoxy groups -OCH3 is 1. The van der Waals surface area contributed by atoms with E-state index < -0.39 is 12.1 Å². The molecule has 106 valence electrons. The molecule has 0 fully saturated rings. The van der Waals surface area contributed by atoms with Gasteiger partial charge >= 0.3 is 6.09 Å². The van der Waals surface area contributed by atoms with Crippen molar-refractivity contribution in [3.8, 4) is 0 Å². The number of nitrogens with one attached hydrogen (secondary N) is 3. The summed E-state index contributed by atoms with van der Waals surface area (Å²) in [5.74, 6) is -0.261. The molecule has 2 aromatic rings. The average Bonchev–Trinajstić information content (AvgIpc) is 2.93. The van der Waals surface area contributed by atoms with E-state index in [9.17, 15) is 9.59 Å². The van der Waals surface area contributed by atoms with Gasteiger partial charge in [-0.1, -0.05) is 12.1 Å². The van der Waals surface area contributed by atoms with Gasteiger partial charge in [0.2, 0.25) is 5.91 Å². The zero-order chi connectivity index (χ0) is 14.5. The smallest absolute Gasteiger partial charge is 0.407 e. The van der Waals surface area contributed by atoms with Crippen LogP contribution in [0.2, 0.25) is 0 Å². The van der Waals surface area contributed by atoms with Crippen LogP contribution in [0.4, 0.5) is 4.79 Å². The number of aromatic nitrogens is 1. The van der Waals surface area contributed by atoms with Crippen molar-refractivity contribution in [1.82, 2.24) is 15.6 Å². The Hall–Kier alpha value is -2.50. The zero-order valence-electron chi connectivity index (χ0n) is 11.4. The van der Waals surface area contributed by atoms with Crippen LogP contribution in [0, 0.1) is 0 Å². The van der Waals surface area contributed by atoms with Crippen molar-refractivity contribution < 1.29 is 14.3 Å². The van der Waals surface area contributed by atoms with Gasteiger partial charge in [-0.25, -0.2) is 4.79 Å². The maximum atomic E-state index is 11.9. The number of fused-ring (bicyclic) bond motifs is 1. The summed E-state index contributed by atoms with van der Waals surface area (Å²) < 4.78 is 4.45. The first-order valence-electron chi connectivity index (χ1n) is 6.29. The Labute approximate surface area is 116 Å². The Morgan fingerprint density at radius 1 is 1.35 bits per heavy atom. The molecule has 2 amide bonds.